The van der Waals surface area contributed by atoms with Crippen LogP contribution in [0.25, 0.3) is 76.9 Å². The molecule has 0 saturated heterocycles. The van der Waals surface area contributed by atoms with Crippen molar-refractivity contribution in [3.05, 3.63) is 146 Å². The van der Waals surface area contributed by atoms with Gasteiger partial charge in [0.2, 0.25) is 0 Å². The van der Waals surface area contributed by atoms with Gasteiger partial charge in [0, 0.05) is 49.9 Å². The lowest BCUT2D eigenvalue weighted by Crippen LogP contribution is -1.99. The Morgan fingerprint density at radius 1 is 0.372 bits per heavy atom. The van der Waals surface area contributed by atoms with E-state index in [-0.39, 0.29) is 0 Å². The van der Waals surface area contributed by atoms with Crippen molar-refractivity contribution < 1.29 is 4.74 Å². The van der Waals surface area contributed by atoms with E-state index in [1.165, 1.54) is 54.4 Å². The van der Waals surface area contributed by atoms with E-state index in [4.69, 9.17) is 4.74 Å². The molecule has 1 aliphatic rings. The molecule has 3 heterocycles. The van der Waals surface area contributed by atoms with Gasteiger partial charge in [0.25, 0.3) is 0 Å². The largest absolute Gasteiger partial charge is 0.456 e. The van der Waals surface area contributed by atoms with E-state index < -0.39 is 0 Å². The van der Waals surface area contributed by atoms with Gasteiger partial charge in [-0.15, -0.1) is 0 Å². The first-order chi connectivity index (χ1) is 21.3. The smallest absolute Gasteiger partial charge is 0.137 e. The number of nitrogens with zero attached hydrogens (tertiary/aromatic N) is 2. The predicted octanol–water partition coefficient (Wildman–Crippen LogP) is 10.8. The Morgan fingerprint density at radius 3 is 1.81 bits per heavy atom. The molecule has 0 unspecified atom stereocenters. The third-order valence-corrected chi connectivity index (χ3v) is 9.08. The van der Waals surface area contributed by atoms with Crippen LogP contribution in [0.2, 0.25) is 0 Å². The summed E-state index contributed by atoms with van der Waals surface area (Å²) >= 11 is 0. The van der Waals surface area contributed by atoms with Gasteiger partial charge < -0.3 is 13.9 Å². The van der Waals surface area contributed by atoms with Crippen molar-refractivity contribution in [2.24, 2.45) is 0 Å². The summed E-state index contributed by atoms with van der Waals surface area (Å²) in [6.07, 6.45) is 0. The first-order valence-electron chi connectivity index (χ1n) is 14.7. The fourth-order valence-electron chi connectivity index (χ4n) is 7.26. The molecule has 200 valence electrons. The minimum absolute atomic E-state index is 0.893. The van der Waals surface area contributed by atoms with Crippen LogP contribution >= 0.6 is 0 Å². The number of ether oxygens (including phenoxy) is 1. The maximum Gasteiger partial charge on any atom is 0.137 e. The standard InChI is InChI=1S/C40H24N2O/c1-2-12-26(13-3-1)41-34-17-6-4-14-28(34)31-22-27(20-21-36(31)41)42-35-18-7-5-15-29(35)32-23-33-30-16-8-10-25-11-9-19-38(40(25)30)43-39(33)24-37(32)42/h1-24H. The number of rotatable bonds is 2. The second-order valence-electron chi connectivity index (χ2n) is 11.4. The van der Waals surface area contributed by atoms with Crippen LogP contribution in [0.5, 0.6) is 11.5 Å². The maximum absolute atomic E-state index is 6.61. The van der Waals surface area contributed by atoms with Crippen molar-refractivity contribution in [1.82, 2.24) is 9.13 Å². The molecule has 7 aromatic carbocycles. The van der Waals surface area contributed by atoms with Crippen LogP contribution < -0.4 is 4.74 Å². The van der Waals surface area contributed by atoms with Gasteiger partial charge in [-0.2, -0.15) is 0 Å². The second-order valence-corrected chi connectivity index (χ2v) is 11.4. The van der Waals surface area contributed by atoms with Gasteiger partial charge in [0.1, 0.15) is 11.5 Å². The lowest BCUT2D eigenvalue weighted by molar-refractivity contribution is 0.487. The van der Waals surface area contributed by atoms with Gasteiger partial charge in [-0.3, -0.25) is 0 Å². The summed E-state index contributed by atoms with van der Waals surface area (Å²) in [5.41, 5.74) is 9.38. The van der Waals surface area contributed by atoms with Gasteiger partial charge in [0.05, 0.1) is 22.1 Å². The van der Waals surface area contributed by atoms with Crippen LogP contribution in [0.4, 0.5) is 0 Å². The van der Waals surface area contributed by atoms with Crippen molar-refractivity contribution in [3.8, 4) is 34.0 Å². The third kappa shape index (κ3) is 3.08. The molecule has 2 aromatic heterocycles. The molecule has 0 atom stereocenters. The molecule has 0 saturated carbocycles. The van der Waals surface area contributed by atoms with E-state index in [9.17, 15) is 0 Å². The fourth-order valence-corrected chi connectivity index (χ4v) is 7.26. The molecule has 0 spiro atoms. The molecule has 0 fully saturated rings. The number of benzene rings is 7. The zero-order valence-electron chi connectivity index (χ0n) is 23.2. The maximum atomic E-state index is 6.61. The Hall–Kier alpha value is -5.80. The normalized spacial score (nSPS) is 12.4. The first-order valence-corrected chi connectivity index (χ1v) is 14.7. The van der Waals surface area contributed by atoms with Crippen LogP contribution in [-0.2, 0) is 0 Å². The first kappa shape index (κ1) is 22.8. The molecule has 1 aliphatic heterocycles. The molecule has 9 aromatic rings. The average molecular weight is 549 g/mol. The van der Waals surface area contributed by atoms with E-state index in [0.717, 1.165) is 34.0 Å². The minimum atomic E-state index is 0.893. The topological polar surface area (TPSA) is 19.1 Å². The fraction of sp³-hybridized carbons (Fsp3) is 0. The van der Waals surface area contributed by atoms with Crippen molar-refractivity contribution in [1.29, 1.82) is 0 Å². The molecule has 0 aliphatic carbocycles. The molecule has 0 bridgehead atoms. The summed E-state index contributed by atoms with van der Waals surface area (Å²) in [5, 5.41) is 7.32. The number of hydrogen-bond acceptors (Lipinski definition) is 1. The second kappa shape index (κ2) is 8.37. The molecule has 0 amide bonds. The quantitative estimate of drug-likeness (QED) is 0.210. The van der Waals surface area contributed by atoms with E-state index in [0.29, 0.717) is 0 Å². The van der Waals surface area contributed by atoms with Gasteiger partial charge in [-0.1, -0.05) is 84.9 Å². The molecule has 43 heavy (non-hydrogen) atoms. The Bertz CT molecular complexity index is 2580. The van der Waals surface area contributed by atoms with Crippen molar-refractivity contribution >= 4 is 54.4 Å². The molecule has 0 N–H and O–H groups in total. The molecule has 3 heteroatoms. The highest BCUT2D eigenvalue weighted by atomic mass is 16.5. The van der Waals surface area contributed by atoms with E-state index in [2.05, 4.69) is 155 Å². The monoisotopic (exact) mass is 548 g/mol. The van der Waals surface area contributed by atoms with E-state index in [1.807, 2.05) is 0 Å². The van der Waals surface area contributed by atoms with Gasteiger partial charge in [-0.05, 0) is 65.5 Å². The third-order valence-electron chi connectivity index (χ3n) is 9.08. The lowest BCUT2D eigenvalue weighted by atomic mass is 9.93. The van der Waals surface area contributed by atoms with Crippen LogP contribution in [0, 0.1) is 0 Å². The van der Waals surface area contributed by atoms with Crippen LogP contribution in [0.1, 0.15) is 0 Å². The zero-order chi connectivity index (χ0) is 28.1. The summed E-state index contributed by atoms with van der Waals surface area (Å²) in [4.78, 5) is 0. The Kier molecular flexibility index (Phi) is 4.45. The highest BCUT2D eigenvalue weighted by Gasteiger charge is 2.23. The van der Waals surface area contributed by atoms with Gasteiger partial charge >= 0.3 is 0 Å². The predicted molar refractivity (Wildman–Crippen MR) is 178 cm³/mol. The zero-order valence-corrected chi connectivity index (χ0v) is 23.2. The van der Waals surface area contributed by atoms with Gasteiger partial charge in [-0.25, -0.2) is 0 Å². The van der Waals surface area contributed by atoms with Crippen LogP contribution in [0.3, 0.4) is 0 Å². The Morgan fingerprint density at radius 2 is 1.02 bits per heavy atom. The summed E-state index contributed by atoms with van der Waals surface area (Å²) < 4.78 is 11.4. The molecule has 10 rings (SSSR count). The van der Waals surface area contributed by atoms with Crippen molar-refractivity contribution in [2.45, 2.75) is 0 Å². The summed E-state index contributed by atoms with van der Waals surface area (Å²) in [6.45, 7) is 0. The minimum Gasteiger partial charge on any atom is -0.456 e. The average Bonchev–Trinajstić information content (AvgIpc) is 3.56. The molecular formula is C40H24N2O. The van der Waals surface area contributed by atoms with Crippen molar-refractivity contribution in [3.63, 3.8) is 0 Å². The summed E-state index contributed by atoms with van der Waals surface area (Å²) in [6, 6.07) is 52.3. The molecular weight excluding hydrogens is 524 g/mol. The van der Waals surface area contributed by atoms with Crippen molar-refractivity contribution in [2.75, 3.05) is 0 Å². The molecule has 0 radical (unpaired) electrons. The van der Waals surface area contributed by atoms with Crippen LogP contribution in [0.15, 0.2) is 146 Å². The number of fused-ring (bicyclic) bond motifs is 8. The lowest BCUT2D eigenvalue weighted by Gasteiger charge is -2.21. The van der Waals surface area contributed by atoms with E-state index >= 15 is 0 Å². The highest BCUT2D eigenvalue weighted by molar-refractivity contribution is 6.15. The number of aromatic nitrogens is 2. The Labute approximate surface area is 247 Å². The number of hydrogen-bond donors (Lipinski definition) is 0. The SMILES string of the molecule is c1ccc(-n2c3ccccc3c3cc(-n4c5ccccc5c5cc6c(cc54)Oc4cccc5cccc-6c45)ccc32)cc1. The highest BCUT2D eigenvalue weighted by Crippen LogP contribution is 2.49. The Balaban J connectivity index is 1.27. The van der Waals surface area contributed by atoms with E-state index in [1.54, 1.807) is 0 Å². The summed E-state index contributed by atoms with van der Waals surface area (Å²) in [7, 11) is 0. The molecule has 3 nitrogen and oxygen atoms in total. The number of para-hydroxylation sites is 3. The van der Waals surface area contributed by atoms with Crippen LogP contribution in [-0.4, -0.2) is 9.13 Å². The van der Waals surface area contributed by atoms with Gasteiger partial charge in [0.15, 0.2) is 0 Å². The summed E-state index contributed by atoms with van der Waals surface area (Å²) in [5.74, 6) is 1.81.